The maximum atomic E-state index is 14.9. The minimum Gasteiger partial charge on any atom is -0.508 e. The van der Waals surface area contributed by atoms with Crippen LogP contribution in [0.2, 0.25) is 0 Å². The average molecular weight is 749 g/mol. The normalized spacial score (nSPS) is 15.9. The minimum absolute atomic E-state index is 0.0624. The summed E-state index contributed by atoms with van der Waals surface area (Å²) in [5.74, 6) is 0.166. The van der Waals surface area contributed by atoms with Gasteiger partial charge in [0.25, 0.3) is 18.2 Å². The SMILES string of the molecule is COc1cccc(CN(C(=O)c2cc(-c3cc(C(F)F)ccc3C(=O)N3Cc4ccccc4C[C@H]3CN3CCOCC3)n(C)c2C)c2ccc(O)cc2)c1C. The maximum absolute atomic E-state index is 14.9. The number of fused-ring (bicyclic) bond motifs is 1. The topological polar surface area (TPSA) is 87.5 Å². The lowest BCUT2D eigenvalue weighted by molar-refractivity contribution is 0.0193. The molecule has 1 atom stereocenters. The first-order valence-electron chi connectivity index (χ1n) is 18.5. The number of methoxy groups -OCH3 is 1. The molecule has 286 valence electrons. The smallest absolute Gasteiger partial charge is 0.263 e. The number of hydrogen-bond donors (Lipinski definition) is 1. The summed E-state index contributed by atoms with van der Waals surface area (Å²) in [6.07, 6.45) is -2.09. The number of aromatic nitrogens is 1. The van der Waals surface area contributed by atoms with Gasteiger partial charge in [-0.15, -0.1) is 0 Å². The van der Waals surface area contributed by atoms with E-state index in [1.165, 1.54) is 35.9 Å². The molecular weight excluding hydrogens is 703 g/mol. The van der Waals surface area contributed by atoms with E-state index in [0.29, 0.717) is 66.7 Å². The van der Waals surface area contributed by atoms with Crippen molar-refractivity contribution in [3.63, 3.8) is 0 Å². The Morgan fingerprint density at radius 2 is 1.65 bits per heavy atom. The number of morpholine rings is 1. The van der Waals surface area contributed by atoms with E-state index in [0.717, 1.165) is 29.8 Å². The van der Waals surface area contributed by atoms with Crippen LogP contribution in [0.3, 0.4) is 0 Å². The predicted molar refractivity (Wildman–Crippen MR) is 208 cm³/mol. The molecule has 2 amide bonds. The number of aromatic hydroxyl groups is 1. The number of carbonyl (C=O) groups excluding carboxylic acids is 2. The van der Waals surface area contributed by atoms with E-state index in [4.69, 9.17) is 9.47 Å². The van der Waals surface area contributed by atoms with Crippen molar-refractivity contribution in [3.8, 4) is 22.8 Å². The molecule has 0 bridgehead atoms. The van der Waals surface area contributed by atoms with Crippen LogP contribution in [0.4, 0.5) is 14.5 Å². The summed E-state index contributed by atoms with van der Waals surface area (Å²) >= 11 is 0. The van der Waals surface area contributed by atoms with Gasteiger partial charge in [-0.05, 0) is 91.1 Å². The predicted octanol–water partition coefficient (Wildman–Crippen LogP) is 7.71. The van der Waals surface area contributed by atoms with Gasteiger partial charge in [0.05, 0.1) is 32.4 Å². The van der Waals surface area contributed by atoms with Crippen molar-refractivity contribution in [1.29, 1.82) is 0 Å². The van der Waals surface area contributed by atoms with Gasteiger partial charge >= 0.3 is 0 Å². The summed E-state index contributed by atoms with van der Waals surface area (Å²) in [6, 6.07) is 25.9. The van der Waals surface area contributed by atoms with E-state index in [9.17, 15) is 23.5 Å². The number of phenolic OH excluding ortho intramolecular Hbond substituents is 1. The lowest BCUT2D eigenvalue weighted by atomic mass is 9.91. The highest BCUT2D eigenvalue weighted by molar-refractivity contribution is 6.08. The number of anilines is 1. The molecule has 0 radical (unpaired) electrons. The van der Waals surface area contributed by atoms with Gasteiger partial charge in [-0.25, -0.2) is 8.78 Å². The first-order chi connectivity index (χ1) is 26.5. The number of halogens is 2. The molecule has 1 saturated heterocycles. The number of benzene rings is 4. The quantitative estimate of drug-likeness (QED) is 0.158. The van der Waals surface area contributed by atoms with Gasteiger partial charge in [-0.3, -0.25) is 14.5 Å². The van der Waals surface area contributed by atoms with E-state index < -0.39 is 6.43 Å². The molecule has 0 saturated carbocycles. The van der Waals surface area contributed by atoms with Crippen LogP contribution in [-0.2, 0) is 31.3 Å². The van der Waals surface area contributed by atoms with E-state index in [2.05, 4.69) is 11.0 Å². The Hall–Kier alpha value is -5.52. The molecule has 4 aromatic carbocycles. The Balaban J connectivity index is 1.29. The second kappa shape index (κ2) is 16.1. The van der Waals surface area contributed by atoms with E-state index in [1.54, 1.807) is 48.7 Å². The number of rotatable bonds is 10. The monoisotopic (exact) mass is 748 g/mol. The highest BCUT2D eigenvalue weighted by Gasteiger charge is 2.34. The molecule has 3 heterocycles. The third kappa shape index (κ3) is 7.72. The Kier molecular flexibility index (Phi) is 11.0. The van der Waals surface area contributed by atoms with Crippen molar-refractivity contribution in [2.24, 2.45) is 7.05 Å². The first-order valence-corrected chi connectivity index (χ1v) is 18.5. The zero-order chi connectivity index (χ0) is 38.8. The summed E-state index contributed by atoms with van der Waals surface area (Å²) < 4.78 is 41.6. The first kappa shape index (κ1) is 37.8. The molecule has 55 heavy (non-hydrogen) atoms. The summed E-state index contributed by atoms with van der Waals surface area (Å²) in [7, 11) is 3.38. The van der Waals surface area contributed by atoms with Crippen LogP contribution in [0.5, 0.6) is 11.5 Å². The number of carbonyl (C=O) groups is 2. The Morgan fingerprint density at radius 1 is 0.927 bits per heavy atom. The van der Waals surface area contributed by atoms with Crippen molar-refractivity contribution in [3.05, 3.63) is 136 Å². The minimum atomic E-state index is -2.77. The molecule has 1 N–H and O–H groups in total. The van der Waals surface area contributed by atoms with Gasteiger partial charge in [0.2, 0.25) is 0 Å². The third-order valence-electron chi connectivity index (χ3n) is 11.1. The van der Waals surface area contributed by atoms with Gasteiger partial charge < -0.3 is 28.9 Å². The summed E-state index contributed by atoms with van der Waals surface area (Å²) in [5.41, 5.74) is 6.38. The zero-order valence-corrected chi connectivity index (χ0v) is 31.6. The summed E-state index contributed by atoms with van der Waals surface area (Å²) in [6.45, 7) is 7.79. The van der Waals surface area contributed by atoms with Crippen molar-refractivity contribution in [2.45, 2.75) is 45.8 Å². The van der Waals surface area contributed by atoms with E-state index >= 15 is 0 Å². The summed E-state index contributed by atoms with van der Waals surface area (Å²) in [5, 5.41) is 10.1. The fraction of sp³-hybridized carbons (Fsp3) is 0.318. The van der Waals surface area contributed by atoms with Crippen LogP contribution in [0.25, 0.3) is 11.3 Å². The molecule has 11 heteroatoms. The fourth-order valence-electron chi connectivity index (χ4n) is 7.78. The molecule has 7 rings (SSSR count). The second-order valence-electron chi connectivity index (χ2n) is 14.3. The number of hydrogen-bond acceptors (Lipinski definition) is 6. The van der Waals surface area contributed by atoms with Crippen LogP contribution < -0.4 is 9.64 Å². The molecule has 5 aromatic rings. The van der Waals surface area contributed by atoms with Gasteiger partial charge in [-0.2, -0.15) is 0 Å². The largest absolute Gasteiger partial charge is 0.508 e. The number of nitrogens with zero attached hydrogens (tertiary/aromatic N) is 4. The van der Waals surface area contributed by atoms with Crippen molar-refractivity contribution < 1.29 is 33.0 Å². The van der Waals surface area contributed by atoms with Gasteiger partial charge in [0, 0.05) is 73.0 Å². The highest BCUT2D eigenvalue weighted by atomic mass is 19.3. The molecule has 9 nitrogen and oxygen atoms in total. The molecule has 0 unspecified atom stereocenters. The van der Waals surface area contributed by atoms with Crippen molar-refractivity contribution >= 4 is 17.5 Å². The second-order valence-corrected chi connectivity index (χ2v) is 14.3. The van der Waals surface area contributed by atoms with Crippen LogP contribution in [0, 0.1) is 13.8 Å². The Bertz CT molecular complexity index is 2200. The molecule has 0 aliphatic carbocycles. The molecule has 1 aromatic heterocycles. The van der Waals surface area contributed by atoms with Gasteiger partial charge in [0.15, 0.2) is 0 Å². The van der Waals surface area contributed by atoms with E-state index in [-0.39, 0.29) is 41.3 Å². The van der Waals surface area contributed by atoms with Crippen LogP contribution in [-0.4, -0.2) is 77.3 Å². The van der Waals surface area contributed by atoms with Crippen LogP contribution in [0.15, 0.2) is 91.0 Å². The molecule has 1 fully saturated rings. The third-order valence-corrected chi connectivity index (χ3v) is 11.1. The molecule has 2 aliphatic rings. The average Bonchev–Trinajstić information content (AvgIpc) is 3.50. The Labute approximate surface area is 320 Å². The maximum Gasteiger partial charge on any atom is 0.263 e. The van der Waals surface area contributed by atoms with Gasteiger partial charge in [-0.1, -0.05) is 42.5 Å². The van der Waals surface area contributed by atoms with Gasteiger partial charge in [0.1, 0.15) is 11.5 Å². The lowest BCUT2D eigenvalue weighted by Gasteiger charge is -2.40. The number of phenols is 1. The molecule has 0 spiro atoms. The van der Waals surface area contributed by atoms with E-state index in [1.807, 2.05) is 48.2 Å². The number of ether oxygens (including phenoxy) is 2. The standard InChI is InChI=1S/C44H46F2N4O5/c1-28-32(10-7-11-41(28)54-4)25-49(34-13-15-36(51)16-14-34)44(53)38-24-40(47(3)29(38)2)39-23-31(42(45)46)12-17-37(39)43(52)50-26-33-9-6-5-8-30(33)22-35(50)27-48-18-20-55-21-19-48/h5-17,23-24,35,42,51H,18-22,25-27H2,1-4H3/t35-/m0/s1. The van der Waals surface area contributed by atoms with Crippen LogP contribution >= 0.6 is 0 Å². The Morgan fingerprint density at radius 3 is 2.36 bits per heavy atom. The number of alkyl halides is 2. The fourth-order valence-corrected chi connectivity index (χ4v) is 7.78. The molecule has 2 aliphatic heterocycles. The van der Waals surface area contributed by atoms with Crippen LogP contribution in [0.1, 0.15) is 60.7 Å². The van der Waals surface area contributed by atoms with Crippen molar-refractivity contribution in [1.82, 2.24) is 14.4 Å². The lowest BCUT2D eigenvalue weighted by Crippen LogP contribution is -2.52. The molecular formula is C44H46F2N4O5. The highest BCUT2D eigenvalue weighted by Crippen LogP contribution is 2.36. The number of amides is 2. The van der Waals surface area contributed by atoms with Crippen molar-refractivity contribution in [2.75, 3.05) is 44.9 Å². The summed E-state index contributed by atoms with van der Waals surface area (Å²) in [4.78, 5) is 35.4. The zero-order valence-electron chi connectivity index (χ0n) is 31.6.